The van der Waals surface area contributed by atoms with Crippen molar-refractivity contribution in [3.05, 3.63) is 69.8 Å². The van der Waals surface area contributed by atoms with Crippen LogP contribution in [0.5, 0.6) is 0 Å². The van der Waals surface area contributed by atoms with Crippen LogP contribution in [0.25, 0.3) is 0 Å². The molecule has 1 saturated carbocycles. The highest BCUT2D eigenvalue weighted by Crippen LogP contribution is 2.46. The van der Waals surface area contributed by atoms with Crippen LogP contribution in [0, 0.1) is 6.92 Å². The van der Waals surface area contributed by atoms with Crippen molar-refractivity contribution in [1.29, 1.82) is 0 Å². The molecular weight excluding hydrogens is 348 g/mol. The van der Waals surface area contributed by atoms with Crippen molar-refractivity contribution in [1.82, 2.24) is 0 Å². The molecule has 0 bridgehead atoms. The van der Waals surface area contributed by atoms with Gasteiger partial charge in [-0.2, -0.15) is 0 Å². The molecule has 3 unspecified atom stereocenters. The Hall–Kier alpha value is -1.68. The van der Waals surface area contributed by atoms with Gasteiger partial charge in [0.15, 0.2) is 0 Å². The molecular formula is C25H32O3. The van der Waals surface area contributed by atoms with Gasteiger partial charge in [0.2, 0.25) is 0 Å². The van der Waals surface area contributed by atoms with Crippen LogP contribution in [0.2, 0.25) is 0 Å². The van der Waals surface area contributed by atoms with Gasteiger partial charge in [-0.1, -0.05) is 43.3 Å². The summed E-state index contributed by atoms with van der Waals surface area (Å²) in [5.41, 5.74) is 7.96. The molecule has 4 rings (SSSR count). The second kappa shape index (κ2) is 8.36. The van der Waals surface area contributed by atoms with E-state index in [0.29, 0.717) is 18.8 Å². The Morgan fingerprint density at radius 2 is 1.71 bits per heavy atom. The molecule has 2 fully saturated rings. The highest BCUT2D eigenvalue weighted by molar-refractivity contribution is 5.45. The molecule has 2 N–H and O–H groups in total. The predicted molar refractivity (Wildman–Crippen MR) is 112 cm³/mol. The molecule has 1 aliphatic heterocycles. The van der Waals surface area contributed by atoms with E-state index < -0.39 is 6.10 Å². The lowest BCUT2D eigenvalue weighted by Gasteiger charge is -2.34. The standard InChI is InChI=1S/C25H32O3/c1-3-17-4-6-18(7-5-17)11-20-12-24(23(10-16(20)2)19-8-9-19)25-14-21(27)13-22(15-26)28-25/h4-7,10,12,19,21-22,25-27H,3,8-9,11,13-15H2,1-2H3. The highest BCUT2D eigenvalue weighted by Gasteiger charge is 2.34. The molecule has 0 amide bonds. The van der Waals surface area contributed by atoms with E-state index in [1.165, 1.54) is 46.2 Å². The van der Waals surface area contributed by atoms with Crippen LogP contribution >= 0.6 is 0 Å². The van der Waals surface area contributed by atoms with Gasteiger partial charge in [0, 0.05) is 12.8 Å². The Balaban J connectivity index is 1.65. The van der Waals surface area contributed by atoms with Gasteiger partial charge in [-0.3, -0.25) is 0 Å². The third-order valence-corrected chi connectivity index (χ3v) is 6.31. The van der Waals surface area contributed by atoms with Crippen LogP contribution < -0.4 is 0 Å². The molecule has 3 heteroatoms. The van der Waals surface area contributed by atoms with Gasteiger partial charge < -0.3 is 14.9 Å². The van der Waals surface area contributed by atoms with Gasteiger partial charge >= 0.3 is 0 Å². The Kier molecular flexibility index (Phi) is 5.86. The molecule has 3 nitrogen and oxygen atoms in total. The van der Waals surface area contributed by atoms with E-state index >= 15 is 0 Å². The Bertz CT molecular complexity index is 807. The molecule has 1 saturated heterocycles. The molecule has 0 spiro atoms. The third kappa shape index (κ3) is 4.32. The van der Waals surface area contributed by atoms with Crippen molar-refractivity contribution >= 4 is 0 Å². The van der Waals surface area contributed by atoms with E-state index in [0.717, 1.165) is 12.8 Å². The summed E-state index contributed by atoms with van der Waals surface area (Å²) in [5.74, 6) is 0.627. The Morgan fingerprint density at radius 3 is 2.36 bits per heavy atom. The fourth-order valence-corrected chi connectivity index (χ4v) is 4.43. The second-order valence-corrected chi connectivity index (χ2v) is 8.58. The zero-order valence-electron chi connectivity index (χ0n) is 17.0. The first-order valence-corrected chi connectivity index (χ1v) is 10.7. The zero-order chi connectivity index (χ0) is 19.7. The van der Waals surface area contributed by atoms with Crippen molar-refractivity contribution in [2.45, 2.75) is 76.6 Å². The normalized spacial score (nSPS) is 25.1. The largest absolute Gasteiger partial charge is 0.394 e. The van der Waals surface area contributed by atoms with Crippen molar-refractivity contribution in [3.8, 4) is 0 Å². The SMILES string of the molecule is CCc1ccc(Cc2cc(C3CC(O)CC(CO)O3)c(C3CC3)cc2C)cc1. The van der Waals surface area contributed by atoms with Crippen LogP contribution in [0.15, 0.2) is 36.4 Å². The van der Waals surface area contributed by atoms with Gasteiger partial charge in [0.05, 0.1) is 24.9 Å². The monoisotopic (exact) mass is 380 g/mol. The van der Waals surface area contributed by atoms with E-state index in [-0.39, 0.29) is 18.8 Å². The van der Waals surface area contributed by atoms with E-state index in [1.807, 2.05) is 0 Å². The highest BCUT2D eigenvalue weighted by atomic mass is 16.5. The van der Waals surface area contributed by atoms with E-state index in [9.17, 15) is 10.2 Å². The van der Waals surface area contributed by atoms with Crippen LogP contribution in [0.3, 0.4) is 0 Å². The topological polar surface area (TPSA) is 49.7 Å². The average Bonchev–Trinajstić information content (AvgIpc) is 3.54. The minimum atomic E-state index is -0.408. The summed E-state index contributed by atoms with van der Waals surface area (Å²) in [6, 6.07) is 13.6. The minimum absolute atomic E-state index is 0.0329. The molecule has 2 aromatic rings. The number of aliphatic hydroxyl groups is 2. The molecule has 1 heterocycles. The Labute approximate surface area is 168 Å². The van der Waals surface area contributed by atoms with Crippen LogP contribution in [0.4, 0.5) is 0 Å². The molecule has 2 aromatic carbocycles. The van der Waals surface area contributed by atoms with E-state index in [4.69, 9.17) is 4.74 Å². The molecule has 0 aromatic heterocycles. The molecule has 1 aliphatic carbocycles. The summed E-state index contributed by atoms with van der Waals surface area (Å²) in [4.78, 5) is 0. The summed E-state index contributed by atoms with van der Waals surface area (Å²) in [5, 5.41) is 19.9. The lowest BCUT2D eigenvalue weighted by atomic mass is 9.87. The summed E-state index contributed by atoms with van der Waals surface area (Å²) >= 11 is 0. The maximum absolute atomic E-state index is 10.3. The number of benzene rings is 2. The van der Waals surface area contributed by atoms with Crippen molar-refractivity contribution < 1.29 is 14.9 Å². The van der Waals surface area contributed by atoms with Crippen LogP contribution in [0.1, 0.15) is 78.0 Å². The van der Waals surface area contributed by atoms with Gasteiger partial charge in [0.1, 0.15) is 0 Å². The summed E-state index contributed by atoms with van der Waals surface area (Å²) in [6.45, 7) is 4.35. The molecule has 150 valence electrons. The zero-order valence-corrected chi connectivity index (χ0v) is 17.0. The van der Waals surface area contributed by atoms with Gasteiger partial charge in [-0.25, -0.2) is 0 Å². The first kappa shape index (κ1) is 19.6. The molecule has 3 atom stereocenters. The number of aryl methyl sites for hydroxylation is 2. The Morgan fingerprint density at radius 1 is 1.00 bits per heavy atom. The fourth-order valence-electron chi connectivity index (χ4n) is 4.43. The van der Waals surface area contributed by atoms with Crippen LogP contribution in [-0.2, 0) is 17.6 Å². The van der Waals surface area contributed by atoms with Crippen molar-refractivity contribution in [2.24, 2.45) is 0 Å². The minimum Gasteiger partial charge on any atom is -0.394 e. The molecule has 28 heavy (non-hydrogen) atoms. The number of aliphatic hydroxyl groups excluding tert-OH is 2. The maximum atomic E-state index is 10.3. The molecule has 0 radical (unpaired) electrons. The van der Waals surface area contributed by atoms with E-state index in [2.05, 4.69) is 50.2 Å². The maximum Gasteiger partial charge on any atom is 0.0857 e. The van der Waals surface area contributed by atoms with Crippen molar-refractivity contribution in [2.75, 3.05) is 6.61 Å². The van der Waals surface area contributed by atoms with Gasteiger partial charge in [0.25, 0.3) is 0 Å². The van der Waals surface area contributed by atoms with Crippen LogP contribution in [-0.4, -0.2) is 29.0 Å². The summed E-state index contributed by atoms with van der Waals surface area (Å²) in [6.07, 6.45) is 4.78. The predicted octanol–water partition coefficient (Wildman–Crippen LogP) is 4.60. The number of hydrogen-bond donors (Lipinski definition) is 2. The smallest absolute Gasteiger partial charge is 0.0857 e. The van der Waals surface area contributed by atoms with Crippen molar-refractivity contribution in [3.63, 3.8) is 0 Å². The van der Waals surface area contributed by atoms with E-state index in [1.54, 1.807) is 0 Å². The fraction of sp³-hybridized carbons (Fsp3) is 0.520. The molecule has 2 aliphatic rings. The first-order chi connectivity index (χ1) is 13.6. The number of ether oxygens (including phenoxy) is 1. The average molecular weight is 381 g/mol. The summed E-state index contributed by atoms with van der Waals surface area (Å²) < 4.78 is 6.18. The van der Waals surface area contributed by atoms with Gasteiger partial charge in [-0.15, -0.1) is 0 Å². The summed E-state index contributed by atoms with van der Waals surface area (Å²) in [7, 11) is 0. The lowest BCUT2D eigenvalue weighted by Crippen LogP contribution is -2.33. The second-order valence-electron chi connectivity index (χ2n) is 8.58. The first-order valence-electron chi connectivity index (χ1n) is 10.7. The quantitative estimate of drug-likeness (QED) is 0.770. The number of rotatable bonds is 6. The number of hydrogen-bond acceptors (Lipinski definition) is 3. The van der Waals surface area contributed by atoms with Gasteiger partial charge in [-0.05, 0) is 71.9 Å². The lowest BCUT2D eigenvalue weighted by molar-refractivity contribution is -0.114. The third-order valence-electron chi connectivity index (χ3n) is 6.31.